The molecule has 0 saturated carbocycles. The standard InChI is InChI=1S/C16H23F2N/c1-5-16(17,18)10-11(2)12(3)14-7-6-8-15(9-14)13(4)19/h6-9,11-12,19H,5,10H2,1-4H3. The molecule has 0 aromatic heterocycles. The van der Waals surface area contributed by atoms with Gasteiger partial charge in [-0.15, -0.1) is 0 Å². The molecule has 2 atom stereocenters. The molecule has 1 rings (SSSR count). The van der Waals surface area contributed by atoms with Crippen LogP contribution in [0.5, 0.6) is 0 Å². The lowest BCUT2D eigenvalue weighted by molar-refractivity contribution is -0.0269. The highest BCUT2D eigenvalue weighted by Gasteiger charge is 2.31. The van der Waals surface area contributed by atoms with E-state index in [1.807, 2.05) is 38.1 Å². The Kier molecular flexibility index (Phi) is 5.21. The van der Waals surface area contributed by atoms with Crippen molar-refractivity contribution < 1.29 is 8.78 Å². The van der Waals surface area contributed by atoms with Crippen LogP contribution < -0.4 is 0 Å². The SMILES string of the molecule is CCC(F)(F)CC(C)C(C)c1cccc(C(C)=N)c1. The van der Waals surface area contributed by atoms with Crippen LogP contribution in [-0.2, 0) is 0 Å². The maximum Gasteiger partial charge on any atom is 0.248 e. The van der Waals surface area contributed by atoms with Crippen LogP contribution in [0.25, 0.3) is 0 Å². The van der Waals surface area contributed by atoms with Gasteiger partial charge in [-0.05, 0) is 36.0 Å². The van der Waals surface area contributed by atoms with Crippen LogP contribution in [0.4, 0.5) is 8.78 Å². The zero-order valence-corrected chi connectivity index (χ0v) is 12.1. The van der Waals surface area contributed by atoms with E-state index < -0.39 is 5.92 Å². The first kappa shape index (κ1) is 15.8. The lowest BCUT2D eigenvalue weighted by atomic mass is 9.84. The number of benzene rings is 1. The Hall–Kier alpha value is -1.25. The van der Waals surface area contributed by atoms with Crippen LogP contribution >= 0.6 is 0 Å². The molecule has 0 saturated heterocycles. The van der Waals surface area contributed by atoms with Crippen molar-refractivity contribution >= 4 is 5.71 Å². The number of alkyl halides is 2. The average Bonchev–Trinajstić information content (AvgIpc) is 2.37. The molecule has 106 valence electrons. The molecule has 0 amide bonds. The van der Waals surface area contributed by atoms with Gasteiger partial charge >= 0.3 is 0 Å². The molecule has 0 aliphatic rings. The quantitative estimate of drug-likeness (QED) is 0.681. The predicted molar refractivity (Wildman–Crippen MR) is 76.4 cm³/mol. The Morgan fingerprint density at radius 3 is 2.47 bits per heavy atom. The Labute approximate surface area is 114 Å². The minimum Gasteiger partial charge on any atom is -0.305 e. The van der Waals surface area contributed by atoms with E-state index in [0.29, 0.717) is 5.71 Å². The smallest absolute Gasteiger partial charge is 0.248 e. The highest BCUT2D eigenvalue weighted by atomic mass is 19.3. The molecule has 3 heteroatoms. The minimum absolute atomic E-state index is 0.0664. The Morgan fingerprint density at radius 2 is 1.95 bits per heavy atom. The molecule has 0 spiro atoms. The van der Waals surface area contributed by atoms with Crippen molar-refractivity contribution in [3.63, 3.8) is 0 Å². The molecule has 1 N–H and O–H groups in total. The van der Waals surface area contributed by atoms with Gasteiger partial charge in [0, 0.05) is 18.6 Å². The molecule has 2 unspecified atom stereocenters. The molecule has 1 nitrogen and oxygen atoms in total. The molecule has 0 radical (unpaired) electrons. The predicted octanol–water partition coefficient (Wildman–Crippen LogP) is 5.25. The van der Waals surface area contributed by atoms with Gasteiger partial charge in [-0.25, -0.2) is 8.78 Å². The zero-order chi connectivity index (χ0) is 14.6. The van der Waals surface area contributed by atoms with Crippen LogP contribution in [0.2, 0.25) is 0 Å². The van der Waals surface area contributed by atoms with Gasteiger partial charge in [0.05, 0.1) is 0 Å². The van der Waals surface area contributed by atoms with Gasteiger partial charge < -0.3 is 5.41 Å². The third-order valence-corrected chi connectivity index (χ3v) is 3.84. The van der Waals surface area contributed by atoms with Gasteiger partial charge in [-0.1, -0.05) is 39.0 Å². The van der Waals surface area contributed by atoms with Crippen LogP contribution in [0, 0.1) is 11.3 Å². The summed E-state index contributed by atoms with van der Waals surface area (Å²) in [6.07, 6.45) is -0.192. The third kappa shape index (κ3) is 4.41. The fourth-order valence-electron chi connectivity index (χ4n) is 2.18. The monoisotopic (exact) mass is 267 g/mol. The summed E-state index contributed by atoms with van der Waals surface area (Å²) in [5.41, 5.74) is 2.39. The van der Waals surface area contributed by atoms with Crippen LogP contribution in [0.15, 0.2) is 24.3 Å². The lowest BCUT2D eigenvalue weighted by Crippen LogP contribution is -2.21. The van der Waals surface area contributed by atoms with Crippen molar-refractivity contribution in [3.05, 3.63) is 35.4 Å². The number of halogens is 2. The van der Waals surface area contributed by atoms with Gasteiger partial charge in [-0.3, -0.25) is 0 Å². The number of rotatable bonds is 6. The second-order valence-corrected chi connectivity index (χ2v) is 5.43. The fraction of sp³-hybridized carbons (Fsp3) is 0.562. The fourth-order valence-corrected chi connectivity index (χ4v) is 2.18. The number of hydrogen-bond acceptors (Lipinski definition) is 1. The summed E-state index contributed by atoms with van der Waals surface area (Å²) < 4.78 is 26.9. The largest absolute Gasteiger partial charge is 0.305 e. The van der Waals surface area contributed by atoms with Crippen molar-refractivity contribution in [3.8, 4) is 0 Å². The molecule has 0 aliphatic heterocycles. The summed E-state index contributed by atoms with van der Waals surface area (Å²) in [5.74, 6) is -2.60. The minimum atomic E-state index is -2.58. The summed E-state index contributed by atoms with van der Waals surface area (Å²) >= 11 is 0. The topological polar surface area (TPSA) is 23.9 Å². The van der Waals surface area contributed by atoms with Crippen molar-refractivity contribution in [2.45, 2.75) is 52.4 Å². The summed E-state index contributed by atoms with van der Waals surface area (Å²) in [5, 5.41) is 7.63. The van der Waals surface area contributed by atoms with Gasteiger partial charge in [-0.2, -0.15) is 0 Å². The highest BCUT2D eigenvalue weighted by Crippen LogP contribution is 2.34. The highest BCUT2D eigenvalue weighted by molar-refractivity contribution is 5.96. The number of hydrogen-bond donors (Lipinski definition) is 1. The van der Waals surface area contributed by atoms with Crippen molar-refractivity contribution in [1.82, 2.24) is 0 Å². The van der Waals surface area contributed by atoms with Gasteiger partial charge in [0.2, 0.25) is 5.92 Å². The van der Waals surface area contributed by atoms with E-state index in [1.165, 1.54) is 6.92 Å². The first-order valence-corrected chi connectivity index (χ1v) is 6.80. The van der Waals surface area contributed by atoms with Gasteiger partial charge in [0.1, 0.15) is 0 Å². The molecular weight excluding hydrogens is 244 g/mol. The molecule has 1 aromatic rings. The van der Waals surface area contributed by atoms with Crippen molar-refractivity contribution in [1.29, 1.82) is 5.41 Å². The Balaban J connectivity index is 2.85. The van der Waals surface area contributed by atoms with E-state index in [0.717, 1.165) is 11.1 Å². The molecule has 1 aromatic carbocycles. The van der Waals surface area contributed by atoms with E-state index in [4.69, 9.17) is 5.41 Å². The summed E-state index contributed by atoms with van der Waals surface area (Å²) in [7, 11) is 0. The maximum atomic E-state index is 13.5. The second kappa shape index (κ2) is 6.27. The van der Waals surface area contributed by atoms with Crippen molar-refractivity contribution in [2.24, 2.45) is 5.92 Å². The molecule has 0 heterocycles. The molecule has 0 fully saturated rings. The molecular formula is C16H23F2N. The summed E-state index contributed by atoms with van der Waals surface area (Å²) in [6.45, 7) is 7.11. The van der Waals surface area contributed by atoms with Crippen LogP contribution in [-0.4, -0.2) is 11.6 Å². The number of nitrogens with one attached hydrogen (secondary N) is 1. The normalized spacial score (nSPS) is 15.1. The van der Waals surface area contributed by atoms with Crippen molar-refractivity contribution in [2.75, 3.05) is 0 Å². The Bertz CT molecular complexity index is 440. The Morgan fingerprint density at radius 1 is 1.32 bits per heavy atom. The summed E-state index contributed by atoms with van der Waals surface area (Å²) in [6, 6.07) is 7.67. The summed E-state index contributed by atoms with van der Waals surface area (Å²) in [4.78, 5) is 0. The van der Waals surface area contributed by atoms with Gasteiger partial charge in [0.25, 0.3) is 0 Å². The van der Waals surface area contributed by atoms with Gasteiger partial charge in [0.15, 0.2) is 0 Å². The van der Waals surface area contributed by atoms with Crippen LogP contribution in [0.3, 0.4) is 0 Å². The van der Waals surface area contributed by atoms with E-state index in [9.17, 15) is 8.78 Å². The third-order valence-electron chi connectivity index (χ3n) is 3.84. The zero-order valence-electron chi connectivity index (χ0n) is 12.1. The average molecular weight is 267 g/mol. The second-order valence-electron chi connectivity index (χ2n) is 5.43. The molecule has 19 heavy (non-hydrogen) atoms. The van der Waals surface area contributed by atoms with E-state index in [-0.39, 0.29) is 24.7 Å². The van der Waals surface area contributed by atoms with Crippen LogP contribution in [0.1, 0.15) is 57.6 Å². The van der Waals surface area contributed by atoms with E-state index in [1.54, 1.807) is 6.92 Å². The maximum absolute atomic E-state index is 13.5. The molecule has 0 bridgehead atoms. The first-order valence-electron chi connectivity index (χ1n) is 6.80. The first-order chi connectivity index (χ1) is 8.76. The van der Waals surface area contributed by atoms with E-state index >= 15 is 0 Å². The van der Waals surface area contributed by atoms with E-state index in [2.05, 4.69) is 0 Å². The molecule has 0 aliphatic carbocycles. The lowest BCUT2D eigenvalue weighted by Gasteiger charge is -2.25.